The van der Waals surface area contributed by atoms with Crippen LogP contribution in [0.3, 0.4) is 0 Å². The van der Waals surface area contributed by atoms with Crippen molar-refractivity contribution in [3.8, 4) is 0 Å². The molecule has 5 nitrogen and oxygen atoms in total. The van der Waals surface area contributed by atoms with Crippen molar-refractivity contribution >= 4 is 17.7 Å². The van der Waals surface area contributed by atoms with E-state index in [4.69, 9.17) is 5.73 Å². The maximum atomic E-state index is 11.2. The number of nitrogens with zero attached hydrogens (tertiary/aromatic N) is 2. The summed E-state index contributed by atoms with van der Waals surface area (Å²) in [6.07, 6.45) is 5.15. The number of hydrogen-bond acceptors (Lipinski definition) is 5. The molecule has 0 saturated heterocycles. The Morgan fingerprint density at radius 2 is 2.27 bits per heavy atom. The van der Waals surface area contributed by atoms with E-state index in [0.29, 0.717) is 6.54 Å². The summed E-state index contributed by atoms with van der Waals surface area (Å²) in [5.74, 6) is -0.187. The Balaban J connectivity index is 2.61. The van der Waals surface area contributed by atoms with Crippen molar-refractivity contribution in [2.24, 2.45) is 5.73 Å². The van der Waals surface area contributed by atoms with Crippen LogP contribution in [-0.2, 0) is 11.3 Å². The maximum Gasteiger partial charge on any atom is 0.236 e. The minimum atomic E-state index is -0.501. The molecule has 6 heteroatoms. The van der Waals surface area contributed by atoms with Gasteiger partial charge in [-0.05, 0) is 13.2 Å². The highest BCUT2D eigenvalue weighted by Crippen LogP contribution is 2.13. The van der Waals surface area contributed by atoms with Crippen LogP contribution in [0.2, 0.25) is 0 Å². The largest absolute Gasteiger partial charge is 0.349 e. The number of thioether (sulfide) groups is 1. The standard InChI is InChI=1S/C9H14N4OS/c1-6(10)8(14)13-5-7-9(15-2)12-4-3-11-7/h3-4,6H,5,10H2,1-2H3,(H,13,14)/t6-/m0/s1. The lowest BCUT2D eigenvalue weighted by Gasteiger charge is -2.08. The molecule has 3 N–H and O–H groups in total. The number of rotatable bonds is 4. The average Bonchev–Trinajstić information content (AvgIpc) is 2.26. The summed E-state index contributed by atoms with van der Waals surface area (Å²) in [5.41, 5.74) is 6.18. The lowest BCUT2D eigenvalue weighted by molar-refractivity contribution is -0.122. The second-order valence-corrected chi connectivity index (χ2v) is 3.81. The Morgan fingerprint density at radius 3 is 2.87 bits per heavy atom. The summed E-state index contributed by atoms with van der Waals surface area (Å²) in [4.78, 5) is 19.5. The van der Waals surface area contributed by atoms with Crippen molar-refractivity contribution in [2.75, 3.05) is 6.26 Å². The first-order valence-corrected chi connectivity index (χ1v) is 5.74. The molecule has 0 aromatic carbocycles. The van der Waals surface area contributed by atoms with Crippen LogP contribution in [0.4, 0.5) is 0 Å². The predicted molar refractivity (Wildman–Crippen MR) is 59.3 cm³/mol. The van der Waals surface area contributed by atoms with Crippen LogP contribution in [0, 0.1) is 0 Å². The van der Waals surface area contributed by atoms with Crippen LogP contribution >= 0.6 is 11.8 Å². The van der Waals surface area contributed by atoms with Gasteiger partial charge in [-0.1, -0.05) is 0 Å². The zero-order chi connectivity index (χ0) is 11.3. The van der Waals surface area contributed by atoms with Crippen LogP contribution in [0.1, 0.15) is 12.6 Å². The van der Waals surface area contributed by atoms with Crippen LogP contribution in [0.5, 0.6) is 0 Å². The smallest absolute Gasteiger partial charge is 0.236 e. The van der Waals surface area contributed by atoms with Gasteiger partial charge in [-0.25, -0.2) is 4.98 Å². The van der Waals surface area contributed by atoms with Crippen molar-refractivity contribution in [2.45, 2.75) is 24.5 Å². The Morgan fingerprint density at radius 1 is 1.60 bits per heavy atom. The van der Waals surface area contributed by atoms with Crippen LogP contribution < -0.4 is 11.1 Å². The molecule has 1 heterocycles. The van der Waals surface area contributed by atoms with Crippen molar-refractivity contribution < 1.29 is 4.79 Å². The van der Waals surface area contributed by atoms with Gasteiger partial charge in [0.05, 0.1) is 18.3 Å². The number of carbonyl (C=O) groups excluding carboxylic acids is 1. The summed E-state index contributed by atoms with van der Waals surface area (Å²) < 4.78 is 0. The van der Waals surface area contributed by atoms with Crippen LogP contribution in [-0.4, -0.2) is 28.2 Å². The molecule has 1 atom stereocenters. The molecule has 0 spiro atoms. The third-order valence-electron chi connectivity index (χ3n) is 1.77. The van der Waals surface area contributed by atoms with E-state index < -0.39 is 6.04 Å². The zero-order valence-electron chi connectivity index (χ0n) is 8.73. The van der Waals surface area contributed by atoms with Crippen LogP contribution in [0.15, 0.2) is 17.4 Å². The molecule has 0 radical (unpaired) electrons. The lowest BCUT2D eigenvalue weighted by Crippen LogP contribution is -2.38. The van der Waals surface area contributed by atoms with E-state index in [1.807, 2.05) is 6.26 Å². The molecule has 1 amide bonds. The van der Waals surface area contributed by atoms with Gasteiger partial charge in [0, 0.05) is 12.4 Å². The van der Waals surface area contributed by atoms with Crippen molar-refractivity contribution in [1.82, 2.24) is 15.3 Å². The number of nitrogens with two attached hydrogens (primary N) is 1. The molecular weight excluding hydrogens is 212 g/mol. The van der Waals surface area contributed by atoms with Gasteiger partial charge in [0.1, 0.15) is 5.03 Å². The fourth-order valence-electron chi connectivity index (χ4n) is 0.978. The number of amides is 1. The molecular formula is C9H14N4OS. The quantitative estimate of drug-likeness (QED) is 0.715. The first-order chi connectivity index (χ1) is 7.15. The van der Waals surface area contributed by atoms with E-state index in [1.54, 1.807) is 19.3 Å². The van der Waals surface area contributed by atoms with Gasteiger partial charge < -0.3 is 11.1 Å². The van der Waals surface area contributed by atoms with Crippen LogP contribution in [0.25, 0.3) is 0 Å². The molecule has 82 valence electrons. The topological polar surface area (TPSA) is 80.9 Å². The van der Waals surface area contributed by atoms with Gasteiger partial charge in [0.2, 0.25) is 5.91 Å². The van der Waals surface area contributed by atoms with Crippen molar-refractivity contribution in [1.29, 1.82) is 0 Å². The molecule has 0 bridgehead atoms. The molecule has 0 saturated carbocycles. The summed E-state index contributed by atoms with van der Waals surface area (Å²) in [7, 11) is 0. The first kappa shape index (κ1) is 11.9. The van der Waals surface area contributed by atoms with Crippen molar-refractivity contribution in [3.05, 3.63) is 18.1 Å². The van der Waals surface area contributed by atoms with Gasteiger partial charge in [-0.3, -0.25) is 9.78 Å². The van der Waals surface area contributed by atoms with Gasteiger partial charge in [0.15, 0.2) is 0 Å². The van der Waals surface area contributed by atoms with E-state index in [1.165, 1.54) is 11.8 Å². The monoisotopic (exact) mass is 226 g/mol. The van der Waals surface area contributed by atoms with Gasteiger partial charge >= 0.3 is 0 Å². The highest BCUT2D eigenvalue weighted by atomic mass is 32.2. The minimum Gasteiger partial charge on any atom is -0.349 e. The number of aromatic nitrogens is 2. The second kappa shape index (κ2) is 5.67. The Bertz CT molecular complexity index is 343. The first-order valence-electron chi connectivity index (χ1n) is 4.52. The average molecular weight is 226 g/mol. The predicted octanol–water partition coefficient (Wildman–Crippen LogP) is 0.162. The van der Waals surface area contributed by atoms with Crippen molar-refractivity contribution in [3.63, 3.8) is 0 Å². The zero-order valence-corrected chi connectivity index (χ0v) is 9.54. The van der Waals surface area contributed by atoms with Gasteiger partial charge in [-0.2, -0.15) is 0 Å². The Hall–Kier alpha value is -1.14. The highest BCUT2D eigenvalue weighted by Gasteiger charge is 2.09. The Kier molecular flexibility index (Phi) is 4.51. The Labute approximate surface area is 92.9 Å². The van der Waals surface area contributed by atoms with E-state index in [9.17, 15) is 4.79 Å². The lowest BCUT2D eigenvalue weighted by atomic mass is 10.3. The molecule has 1 rings (SSSR count). The third-order valence-corrected chi connectivity index (χ3v) is 2.50. The normalized spacial score (nSPS) is 12.2. The number of carbonyl (C=O) groups is 1. The molecule has 1 aromatic heterocycles. The minimum absolute atomic E-state index is 0.187. The fraction of sp³-hybridized carbons (Fsp3) is 0.444. The highest BCUT2D eigenvalue weighted by molar-refractivity contribution is 7.98. The van der Waals surface area contributed by atoms with E-state index >= 15 is 0 Å². The summed E-state index contributed by atoms with van der Waals surface area (Å²) in [6.45, 7) is 2.01. The molecule has 0 unspecified atom stereocenters. The SMILES string of the molecule is CSc1nccnc1CNC(=O)[C@H](C)N. The van der Waals surface area contributed by atoms with E-state index in [0.717, 1.165) is 10.7 Å². The molecule has 1 aromatic rings. The van der Waals surface area contributed by atoms with E-state index in [-0.39, 0.29) is 5.91 Å². The maximum absolute atomic E-state index is 11.2. The number of nitrogens with one attached hydrogen (secondary N) is 1. The van der Waals surface area contributed by atoms with Gasteiger partial charge in [0.25, 0.3) is 0 Å². The fourth-order valence-corrected chi connectivity index (χ4v) is 1.50. The molecule has 0 aliphatic heterocycles. The number of hydrogen-bond donors (Lipinski definition) is 2. The molecule has 0 fully saturated rings. The molecule has 0 aliphatic rings. The second-order valence-electron chi connectivity index (χ2n) is 3.02. The molecule has 0 aliphatic carbocycles. The van der Waals surface area contributed by atoms with E-state index in [2.05, 4.69) is 15.3 Å². The summed E-state index contributed by atoms with van der Waals surface area (Å²) >= 11 is 1.50. The van der Waals surface area contributed by atoms with Gasteiger partial charge in [-0.15, -0.1) is 11.8 Å². The summed E-state index contributed by atoms with van der Waals surface area (Å²) in [6, 6.07) is -0.501. The third kappa shape index (κ3) is 3.49. The molecule has 15 heavy (non-hydrogen) atoms. The summed E-state index contributed by atoms with van der Waals surface area (Å²) in [5, 5.41) is 3.52.